The molecule has 1 aliphatic carbocycles. The van der Waals surface area contributed by atoms with Crippen molar-refractivity contribution in [2.24, 2.45) is 11.5 Å². The van der Waals surface area contributed by atoms with Crippen molar-refractivity contribution in [3.63, 3.8) is 0 Å². The number of hydrogen-bond acceptors (Lipinski definition) is 3. The molecular formula is C13H27N3O. The highest BCUT2D eigenvalue weighted by atomic mass is 16.1. The van der Waals surface area contributed by atoms with E-state index in [0.717, 1.165) is 57.9 Å². The fourth-order valence-corrected chi connectivity index (χ4v) is 2.35. The molecule has 0 bridgehead atoms. The van der Waals surface area contributed by atoms with Crippen molar-refractivity contribution in [3.8, 4) is 0 Å². The van der Waals surface area contributed by atoms with Crippen LogP contribution in [0, 0.1) is 0 Å². The topological polar surface area (TPSA) is 81.1 Å². The van der Waals surface area contributed by atoms with Gasteiger partial charge >= 0.3 is 0 Å². The maximum absolute atomic E-state index is 11.7. The van der Waals surface area contributed by atoms with Crippen molar-refractivity contribution < 1.29 is 4.79 Å². The first-order valence-electron chi connectivity index (χ1n) is 6.97. The summed E-state index contributed by atoms with van der Waals surface area (Å²) >= 11 is 0. The lowest BCUT2D eigenvalue weighted by Crippen LogP contribution is -2.40. The molecule has 0 aromatic heterocycles. The maximum Gasteiger partial charge on any atom is 0.220 e. The lowest BCUT2D eigenvalue weighted by atomic mass is 9.92. The molecule has 0 aliphatic heterocycles. The molecule has 0 spiro atoms. The van der Waals surface area contributed by atoms with Gasteiger partial charge in [-0.15, -0.1) is 0 Å². The van der Waals surface area contributed by atoms with E-state index in [1.165, 1.54) is 0 Å². The summed E-state index contributed by atoms with van der Waals surface area (Å²) in [5.74, 6) is 0.207. The van der Waals surface area contributed by atoms with Gasteiger partial charge in [0, 0.05) is 18.5 Å². The molecule has 1 saturated carbocycles. The Morgan fingerprint density at radius 3 is 2.35 bits per heavy atom. The predicted octanol–water partition coefficient (Wildman–Crippen LogP) is 1.28. The van der Waals surface area contributed by atoms with Crippen molar-refractivity contribution in [1.82, 2.24) is 5.32 Å². The summed E-state index contributed by atoms with van der Waals surface area (Å²) in [6, 6.07) is 0.714. The Hall–Kier alpha value is -0.610. The monoisotopic (exact) mass is 241 g/mol. The van der Waals surface area contributed by atoms with Crippen LogP contribution in [-0.2, 0) is 4.79 Å². The molecule has 0 atom stereocenters. The molecule has 17 heavy (non-hydrogen) atoms. The molecule has 1 aliphatic rings. The lowest BCUT2D eigenvalue weighted by Gasteiger charge is -2.26. The van der Waals surface area contributed by atoms with Crippen LogP contribution < -0.4 is 16.8 Å². The van der Waals surface area contributed by atoms with Crippen molar-refractivity contribution in [2.45, 2.75) is 69.9 Å². The van der Waals surface area contributed by atoms with Gasteiger partial charge in [-0.1, -0.05) is 12.8 Å². The van der Waals surface area contributed by atoms with E-state index in [0.29, 0.717) is 18.5 Å². The van der Waals surface area contributed by atoms with E-state index in [-0.39, 0.29) is 5.91 Å². The second-order valence-corrected chi connectivity index (χ2v) is 5.13. The standard InChI is InChI=1S/C13H27N3O/c14-10-4-2-1-3-5-13(17)16-12-8-6-11(15)7-9-12/h11-12H,1-10,14-15H2,(H,16,17). The minimum Gasteiger partial charge on any atom is -0.353 e. The van der Waals surface area contributed by atoms with E-state index in [9.17, 15) is 4.79 Å². The van der Waals surface area contributed by atoms with Crippen LogP contribution in [0.2, 0.25) is 0 Å². The third kappa shape index (κ3) is 6.64. The van der Waals surface area contributed by atoms with E-state index in [1.807, 2.05) is 0 Å². The van der Waals surface area contributed by atoms with Gasteiger partial charge in [-0.3, -0.25) is 4.79 Å². The highest BCUT2D eigenvalue weighted by molar-refractivity contribution is 5.76. The first-order chi connectivity index (χ1) is 8.22. The highest BCUT2D eigenvalue weighted by Crippen LogP contribution is 2.17. The van der Waals surface area contributed by atoms with Crippen LogP contribution in [0.3, 0.4) is 0 Å². The van der Waals surface area contributed by atoms with Crippen LogP contribution >= 0.6 is 0 Å². The van der Waals surface area contributed by atoms with E-state index < -0.39 is 0 Å². The average Bonchev–Trinajstić information content (AvgIpc) is 2.32. The lowest BCUT2D eigenvalue weighted by molar-refractivity contribution is -0.122. The maximum atomic E-state index is 11.7. The molecule has 0 unspecified atom stereocenters. The number of rotatable bonds is 7. The van der Waals surface area contributed by atoms with Gasteiger partial charge < -0.3 is 16.8 Å². The van der Waals surface area contributed by atoms with E-state index >= 15 is 0 Å². The summed E-state index contributed by atoms with van der Waals surface area (Å²) in [5.41, 5.74) is 11.2. The Labute approximate surface area is 105 Å². The van der Waals surface area contributed by atoms with Crippen molar-refractivity contribution in [1.29, 1.82) is 0 Å². The fraction of sp³-hybridized carbons (Fsp3) is 0.923. The molecule has 1 rings (SSSR count). The average molecular weight is 241 g/mol. The van der Waals surface area contributed by atoms with Gasteiger partial charge in [0.2, 0.25) is 5.91 Å². The molecule has 5 N–H and O–H groups in total. The number of amides is 1. The Morgan fingerprint density at radius 1 is 1.06 bits per heavy atom. The van der Waals surface area contributed by atoms with Gasteiger partial charge in [-0.05, 0) is 45.1 Å². The molecule has 0 radical (unpaired) electrons. The number of hydrogen-bond donors (Lipinski definition) is 3. The Morgan fingerprint density at radius 2 is 1.71 bits per heavy atom. The minimum absolute atomic E-state index is 0.207. The Kier molecular flexibility index (Phi) is 7.21. The summed E-state index contributed by atoms with van der Waals surface area (Å²) < 4.78 is 0. The molecule has 1 amide bonds. The number of carbonyl (C=O) groups is 1. The molecule has 4 nitrogen and oxygen atoms in total. The van der Waals surface area contributed by atoms with Gasteiger partial charge in [0.25, 0.3) is 0 Å². The third-order valence-electron chi connectivity index (χ3n) is 3.49. The second kappa shape index (κ2) is 8.48. The minimum atomic E-state index is 0.207. The largest absolute Gasteiger partial charge is 0.353 e. The number of nitrogens with two attached hydrogens (primary N) is 2. The van der Waals surface area contributed by atoms with E-state index in [2.05, 4.69) is 5.32 Å². The number of carbonyl (C=O) groups excluding carboxylic acids is 1. The van der Waals surface area contributed by atoms with Gasteiger partial charge in [0.1, 0.15) is 0 Å². The molecule has 4 heteroatoms. The van der Waals surface area contributed by atoms with Crippen LogP contribution in [0.4, 0.5) is 0 Å². The van der Waals surface area contributed by atoms with Crippen LogP contribution in [0.5, 0.6) is 0 Å². The van der Waals surface area contributed by atoms with Gasteiger partial charge in [0.15, 0.2) is 0 Å². The quantitative estimate of drug-likeness (QED) is 0.587. The highest BCUT2D eigenvalue weighted by Gasteiger charge is 2.19. The number of nitrogens with one attached hydrogen (secondary N) is 1. The molecule has 0 aromatic rings. The van der Waals surface area contributed by atoms with Crippen LogP contribution in [-0.4, -0.2) is 24.5 Å². The zero-order chi connectivity index (χ0) is 12.5. The first kappa shape index (κ1) is 14.5. The summed E-state index contributed by atoms with van der Waals surface area (Å²) in [5, 5.41) is 3.11. The zero-order valence-corrected chi connectivity index (χ0v) is 10.8. The van der Waals surface area contributed by atoms with Crippen LogP contribution in [0.25, 0.3) is 0 Å². The molecule has 0 aromatic carbocycles. The van der Waals surface area contributed by atoms with E-state index in [4.69, 9.17) is 11.5 Å². The van der Waals surface area contributed by atoms with Crippen LogP contribution in [0.15, 0.2) is 0 Å². The van der Waals surface area contributed by atoms with Crippen LogP contribution in [0.1, 0.15) is 57.8 Å². The molecular weight excluding hydrogens is 214 g/mol. The Bertz CT molecular complexity index is 213. The summed E-state index contributed by atoms with van der Waals surface area (Å²) in [6.45, 7) is 0.758. The Balaban J connectivity index is 2.00. The fourth-order valence-electron chi connectivity index (χ4n) is 2.35. The molecule has 1 fully saturated rings. The number of unbranched alkanes of at least 4 members (excludes halogenated alkanes) is 3. The van der Waals surface area contributed by atoms with E-state index in [1.54, 1.807) is 0 Å². The normalized spacial score (nSPS) is 24.6. The van der Waals surface area contributed by atoms with Crippen molar-refractivity contribution in [2.75, 3.05) is 6.54 Å². The van der Waals surface area contributed by atoms with Gasteiger partial charge in [-0.2, -0.15) is 0 Å². The molecule has 0 heterocycles. The second-order valence-electron chi connectivity index (χ2n) is 5.13. The van der Waals surface area contributed by atoms with Crippen molar-refractivity contribution >= 4 is 5.91 Å². The molecule has 0 saturated heterocycles. The smallest absolute Gasteiger partial charge is 0.220 e. The van der Waals surface area contributed by atoms with Crippen molar-refractivity contribution in [3.05, 3.63) is 0 Å². The summed E-state index contributed by atoms with van der Waals surface area (Å²) in [6.07, 6.45) is 9.14. The predicted molar refractivity (Wildman–Crippen MR) is 70.5 cm³/mol. The third-order valence-corrected chi connectivity index (χ3v) is 3.49. The zero-order valence-electron chi connectivity index (χ0n) is 10.8. The first-order valence-corrected chi connectivity index (χ1v) is 6.97. The van der Waals surface area contributed by atoms with Gasteiger partial charge in [0.05, 0.1) is 0 Å². The molecule has 100 valence electrons. The summed E-state index contributed by atoms with van der Waals surface area (Å²) in [7, 11) is 0. The van der Waals surface area contributed by atoms with Gasteiger partial charge in [-0.25, -0.2) is 0 Å². The SMILES string of the molecule is NCCCCCCC(=O)NC1CCC(N)CC1. The summed E-state index contributed by atoms with van der Waals surface area (Å²) in [4.78, 5) is 11.7.